The van der Waals surface area contributed by atoms with E-state index in [-0.39, 0.29) is 4.90 Å². The maximum absolute atomic E-state index is 14.0. The van der Waals surface area contributed by atoms with Crippen LogP contribution in [0.2, 0.25) is 0 Å². The standard InChI is InChI=1S/C27H24N2O5S/c1-33-27(30)23-24(18-10-4-2-5-11-18)28-17-16-21-20-14-8-9-15-22(20)29(25(21)26(23)34-28)35(31,32)19-12-6-3-7-13-19/h2-15,23-24,26H,16-17H2,1H3/t23-,24+,26-/m0/s1. The second-order valence-electron chi connectivity index (χ2n) is 8.78. The zero-order valence-electron chi connectivity index (χ0n) is 19.1. The average Bonchev–Trinajstić information content (AvgIpc) is 3.37. The van der Waals surface area contributed by atoms with Crippen molar-refractivity contribution in [3.63, 3.8) is 0 Å². The van der Waals surface area contributed by atoms with Gasteiger partial charge in [0, 0.05) is 11.9 Å². The minimum Gasteiger partial charge on any atom is -0.469 e. The second kappa shape index (κ2) is 8.34. The molecule has 1 unspecified atom stereocenters. The van der Waals surface area contributed by atoms with E-state index in [1.165, 1.54) is 11.1 Å². The third kappa shape index (κ3) is 3.32. The average molecular weight is 489 g/mol. The third-order valence-electron chi connectivity index (χ3n) is 6.95. The number of benzene rings is 3. The SMILES string of the molecule is COC(=O)[C@@H]1[C@@H]2ON(CCc3c2n(S(=O)(=O)c2ccccc2)c2ccccc32)[C@@H]1c1ccccc1. The zero-order chi connectivity index (χ0) is 24.2. The summed E-state index contributed by atoms with van der Waals surface area (Å²) in [7, 11) is -2.62. The summed E-state index contributed by atoms with van der Waals surface area (Å²) < 4.78 is 34.7. The first-order valence-electron chi connectivity index (χ1n) is 11.5. The largest absolute Gasteiger partial charge is 0.469 e. The molecular formula is C27H24N2O5S. The van der Waals surface area contributed by atoms with E-state index in [9.17, 15) is 13.2 Å². The molecule has 1 fully saturated rings. The monoisotopic (exact) mass is 488 g/mol. The van der Waals surface area contributed by atoms with Crippen LogP contribution in [0.5, 0.6) is 0 Å². The molecule has 178 valence electrons. The number of methoxy groups -OCH3 is 1. The van der Waals surface area contributed by atoms with Gasteiger partial charge in [0.2, 0.25) is 0 Å². The zero-order valence-corrected chi connectivity index (χ0v) is 19.9. The quantitative estimate of drug-likeness (QED) is 0.400. The van der Waals surface area contributed by atoms with Crippen molar-refractivity contribution in [2.45, 2.75) is 23.5 Å². The molecule has 2 aliphatic heterocycles. The summed E-state index contributed by atoms with van der Waals surface area (Å²) in [5, 5.41) is 2.66. The van der Waals surface area contributed by atoms with Crippen LogP contribution in [-0.4, -0.2) is 37.1 Å². The van der Waals surface area contributed by atoms with E-state index >= 15 is 0 Å². The van der Waals surface area contributed by atoms with Crippen molar-refractivity contribution in [2.75, 3.05) is 13.7 Å². The number of fused-ring (bicyclic) bond motifs is 6. The van der Waals surface area contributed by atoms with E-state index < -0.39 is 34.1 Å². The molecule has 0 aliphatic carbocycles. The summed E-state index contributed by atoms with van der Waals surface area (Å²) in [6.45, 7) is 0.510. The van der Waals surface area contributed by atoms with Crippen LogP contribution in [0.25, 0.3) is 10.9 Å². The van der Waals surface area contributed by atoms with Crippen LogP contribution in [0, 0.1) is 5.92 Å². The van der Waals surface area contributed by atoms with Crippen LogP contribution in [0.1, 0.15) is 29.0 Å². The lowest BCUT2D eigenvalue weighted by molar-refractivity contribution is -0.163. The van der Waals surface area contributed by atoms with Crippen LogP contribution < -0.4 is 0 Å². The Hall–Kier alpha value is -3.46. The molecule has 4 atom stereocenters. The number of hydrogen-bond acceptors (Lipinski definition) is 6. The van der Waals surface area contributed by atoms with Gasteiger partial charge in [-0.05, 0) is 35.7 Å². The van der Waals surface area contributed by atoms with Crippen molar-refractivity contribution in [1.29, 1.82) is 0 Å². The van der Waals surface area contributed by atoms with Gasteiger partial charge in [-0.15, -0.1) is 0 Å². The normalized spacial score (nSPS) is 23.6. The van der Waals surface area contributed by atoms with Crippen LogP contribution in [0.3, 0.4) is 0 Å². The van der Waals surface area contributed by atoms with Gasteiger partial charge in [0.25, 0.3) is 10.0 Å². The first-order chi connectivity index (χ1) is 17.0. The predicted octanol–water partition coefficient (Wildman–Crippen LogP) is 4.25. The Bertz CT molecular complexity index is 1520. The van der Waals surface area contributed by atoms with Crippen molar-refractivity contribution in [3.8, 4) is 0 Å². The highest BCUT2D eigenvalue weighted by Crippen LogP contribution is 2.52. The summed E-state index contributed by atoms with van der Waals surface area (Å²) in [5.41, 5.74) is 2.87. The molecule has 6 rings (SSSR count). The summed E-state index contributed by atoms with van der Waals surface area (Å²) in [6.07, 6.45) is -0.239. The number of hydroxylamine groups is 2. The van der Waals surface area contributed by atoms with Gasteiger partial charge in [-0.3, -0.25) is 9.63 Å². The van der Waals surface area contributed by atoms with E-state index in [4.69, 9.17) is 9.57 Å². The summed E-state index contributed by atoms with van der Waals surface area (Å²) in [6, 6.07) is 25.1. The molecular weight excluding hydrogens is 464 g/mol. The molecule has 2 bridgehead atoms. The third-order valence-corrected chi connectivity index (χ3v) is 8.69. The van der Waals surface area contributed by atoms with Gasteiger partial charge < -0.3 is 4.74 Å². The Morgan fingerprint density at radius 2 is 1.60 bits per heavy atom. The van der Waals surface area contributed by atoms with Crippen molar-refractivity contribution < 1.29 is 22.8 Å². The first kappa shape index (κ1) is 22.0. The second-order valence-corrected chi connectivity index (χ2v) is 10.6. The molecule has 1 saturated heterocycles. The highest BCUT2D eigenvalue weighted by atomic mass is 32.2. The molecule has 35 heavy (non-hydrogen) atoms. The van der Waals surface area contributed by atoms with Gasteiger partial charge in [-0.25, -0.2) is 12.4 Å². The molecule has 0 saturated carbocycles. The number of carbonyl (C=O) groups excluding carboxylic acids is 1. The minimum absolute atomic E-state index is 0.178. The van der Waals surface area contributed by atoms with Crippen molar-refractivity contribution >= 4 is 26.9 Å². The Morgan fingerprint density at radius 1 is 0.943 bits per heavy atom. The topological polar surface area (TPSA) is 77.8 Å². The first-order valence-corrected chi connectivity index (χ1v) is 13.0. The highest BCUT2D eigenvalue weighted by Gasteiger charge is 2.53. The molecule has 8 heteroatoms. The number of ether oxygens (including phenoxy) is 1. The number of rotatable bonds is 4. The van der Waals surface area contributed by atoms with Crippen molar-refractivity contribution in [3.05, 3.63) is 102 Å². The Kier molecular flexibility index (Phi) is 5.25. The van der Waals surface area contributed by atoms with E-state index in [1.807, 2.05) is 53.6 Å². The molecule has 0 N–H and O–H groups in total. The lowest BCUT2D eigenvalue weighted by Gasteiger charge is -2.26. The number of nitrogens with zero attached hydrogens (tertiary/aromatic N) is 2. The molecule has 0 amide bonds. The van der Waals surface area contributed by atoms with Crippen LogP contribution in [0.15, 0.2) is 89.8 Å². The molecule has 1 aromatic heterocycles. The number of hydrogen-bond donors (Lipinski definition) is 0. The van der Waals surface area contributed by atoms with Gasteiger partial charge in [0.05, 0.1) is 29.3 Å². The Morgan fingerprint density at radius 3 is 2.31 bits per heavy atom. The Balaban J connectivity index is 1.63. The van der Waals surface area contributed by atoms with E-state index in [0.717, 1.165) is 16.5 Å². The maximum atomic E-state index is 14.0. The van der Waals surface area contributed by atoms with Crippen LogP contribution in [0.4, 0.5) is 0 Å². The lowest BCUT2D eigenvalue weighted by atomic mass is 9.85. The fourth-order valence-electron chi connectivity index (χ4n) is 5.47. The van der Waals surface area contributed by atoms with Crippen molar-refractivity contribution in [1.82, 2.24) is 9.04 Å². The summed E-state index contributed by atoms with van der Waals surface area (Å²) >= 11 is 0. The molecule has 0 spiro atoms. The minimum atomic E-state index is -3.98. The number of aromatic nitrogens is 1. The molecule has 7 nitrogen and oxygen atoms in total. The van der Waals surface area contributed by atoms with Crippen LogP contribution in [-0.2, 0) is 30.8 Å². The van der Waals surface area contributed by atoms with Gasteiger partial charge in [-0.2, -0.15) is 5.06 Å². The Labute approximate surface area is 203 Å². The fourth-order valence-corrected chi connectivity index (χ4v) is 7.07. The maximum Gasteiger partial charge on any atom is 0.313 e. The number of esters is 1. The molecule has 0 radical (unpaired) electrons. The van der Waals surface area contributed by atoms with Gasteiger partial charge in [-0.1, -0.05) is 66.7 Å². The van der Waals surface area contributed by atoms with E-state index in [1.54, 1.807) is 36.4 Å². The fraction of sp³-hybridized carbons (Fsp3) is 0.222. The molecule has 3 aromatic carbocycles. The molecule has 3 heterocycles. The van der Waals surface area contributed by atoms with Gasteiger partial charge in [0.1, 0.15) is 12.0 Å². The smallest absolute Gasteiger partial charge is 0.313 e. The number of carbonyl (C=O) groups is 1. The molecule has 2 aliphatic rings. The lowest BCUT2D eigenvalue weighted by Crippen LogP contribution is -2.32. The van der Waals surface area contributed by atoms with Gasteiger partial charge >= 0.3 is 5.97 Å². The van der Waals surface area contributed by atoms with Crippen LogP contribution >= 0.6 is 0 Å². The summed E-state index contributed by atoms with van der Waals surface area (Å²) in [5.74, 6) is -1.18. The van der Waals surface area contributed by atoms with Gasteiger partial charge in [0.15, 0.2) is 0 Å². The highest BCUT2D eigenvalue weighted by molar-refractivity contribution is 7.90. The predicted molar refractivity (Wildman–Crippen MR) is 130 cm³/mol. The molecule has 4 aromatic rings. The van der Waals surface area contributed by atoms with E-state index in [0.29, 0.717) is 24.2 Å². The number of para-hydroxylation sites is 1. The van der Waals surface area contributed by atoms with Crippen molar-refractivity contribution in [2.24, 2.45) is 5.92 Å². The van der Waals surface area contributed by atoms with E-state index in [2.05, 4.69) is 0 Å². The summed E-state index contributed by atoms with van der Waals surface area (Å²) in [4.78, 5) is 19.8.